The Morgan fingerprint density at radius 2 is 2.00 bits per heavy atom. The molecule has 0 aromatic heterocycles. The summed E-state index contributed by atoms with van der Waals surface area (Å²) in [5, 5.41) is 17.4. The molecule has 0 saturated carbocycles. The molecule has 0 fully saturated rings. The predicted octanol–water partition coefficient (Wildman–Crippen LogP) is 3.57. The molecule has 1 heterocycles. The minimum Gasteiger partial charge on any atom is -0.385 e. The lowest BCUT2D eigenvalue weighted by Crippen LogP contribution is -2.14. The van der Waals surface area contributed by atoms with Crippen molar-refractivity contribution in [3.63, 3.8) is 0 Å². The van der Waals surface area contributed by atoms with Crippen LogP contribution in [0.2, 0.25) is 0 Å². The Balaban J connectivity index is 1.71. The van der Waals surface area contributed by atoms with Crippen molar-refractivity contribution in [2.24, 2.45) is 0 Å². The molecule has 21 heavy (non-hydrogen) atoms. The SMILES string of the molecule is O=[N+]([O-])c1ccc(NCc2cccc3c2NCCC3)cc1. The van der Waals surface area contributed by atoms with Crippen molar-refractivity contribution in [1.82, 2.24) is 0 Å². The zero-order valence-corrected chi connectivity index (χ0v) is 11.6. The maximum absolute atomic E-state index is 10.6. The molecule has 0 bridgehead atoms. The third-order valence-corrected chi connectivity index (χ3v) is 3.72. The van der Waals surface area contributed by atoms with E-state index in [2.05, 4.69) is 28.8 Å². The van der Waals surface area contributed by atoms with Gasteiger partial charge in [-0.15, -0.1) is 0 Å². The number of anilines is 2. The van der Waals surface area contributed by atoms with Crippen LogP contribution in [0.3, 0.4) is 0 Å². The van der Waals surface area contributed by atoms with Gasteiger partial charge in [-0.25, -0.2) is 0 Å². The quantitative estimate of drug-likeness (QED) is 0.665. The number of nitro groups is 1. The highest BCUT2D eigenvalue weighted by molar-refractivity contribution is 5.60. The number of hydrogen-bond acceptors (Lipinski definition) is 4. The smallest absolute Gasteiger partial charge is 0.269 e. The van der Waals surface area contributed by atoms with Gasteiger partial charge in [0.05, 0.1) is 4.92 Å². The number of nitro benzene ring substituents is 1. The Hall–Kier alpha value is -2.56. The molecule has 1 aliphatic heterocycles. The Bertz CT molecular complexity index is 653. The molecule has 5 heteroatoms. The van der Waals surface area contributed by atoms with E-state index in [1.807, 2.05) is 0 Å². The predicted molar refractivity (Wildman–Crippen MR) is 83.7 cm³/mol. The van der Waals surface area contributed by atoms with E-state index >= 15 is 0 Å². The van der Waals surface area contributed by atoms with Crippen molar-refractivity contribution in [1.29, 1.82) is 0 Å². The molecule has 2 aromatic rings. The molecule has 1 aliphatic rings. The maximum atomic E-state index is 10.6. The number of fused-ring (bicyclic) bond motifs is 1. The summed E-state index contributed by atoms with van der Waals surface area (Å²) in [6.07, 6.45) is 2.29. The summed E-state index contributed by atoms with van der Waals surface area (Å²) in [4.78, 5) is 10.2. The fourth-order valence-electron chi connectivity index (χ4n) is 2.63. The van der Waals surface area contributed by atoms with Crippen molar-refractivity contribution < 1.29 is 4.92 Å². The Kier molecular flexibility index (Phi) is 3.73. The third-order valence-electron chi connectivity index (χ3n) is 3.72. The summed E-state index contributed by atoms with van der Waals surface area (Å²) in [6.45, 7) is 1.72. The summed E-state index contributed by atoms with van der Waals surface area (Å²) in [5.41, 5.74) is 4.82. The number of hydrogen-bond donors (Lipinski definition) is 2. The summed E-state index contributed by atoms with van der Waals surface area (Å²) >= 11 is 0. The van der Waals surface area contributed by atoms with Crippen LogP contribution in [0.15, 0.2) is 42.5 Å². The van der Waals surface area contributed by atoms with E-state index in [0.717, 1.165) is 18.7 Å². The molecule has 2 aromatic carbocycles. The second-order valence-electron chi connectivity index (χ2n) is 5.14. The highest BCUT2D eigenvalue weighted by Crippen LogP contribution is 2.26. The van der Waals surface area contributed by atoms with Crippen molar-refractivity contribution in [3.05, 3.63) is 63.7 Å². The maximum Gasteiger partial charge on any atom is 0.269 e. The molecule has 0 atom stereocenters. The first kappa shape index (κ1) is 13.4. The van der Waals surface area contributed by atoms with Crippen LogP contribution < -0.4 is 10.6 Å². The summed E-state index contributed by atoms with van der Waals surface area (Å²) in [7, 11) is 0. The van der Waals surface area contributed by atoms with Gasteiger partial charge in [-0.3, -0.25) is 10.1 Å². The summed E-state index contributed by atoms with van der Waals surface area (Å²) in [6, 6.07) is 12.9. The lowest BCUT2D eigenvalue weighted by Gasteiger charge is -2.21. The highest BCUT2D eigenvalue weighted by Gasteiger charge is 2.12. The van der Waals surface area contributed by atoms with Crippen molar-refractivity contribution in [2.75, 3.05) is 17.2 Å². The molecule has 0 unspecified atom stereocenters. The molecule has 0 aliphatic carbocycles. The molecule has 0 saturated heterocycles. The van der Waals surface area contributed by atoms with Gasteiger partial charge in [-0.05, 0) is 36.1 Å². The Labute approximate surface area is 123 Å². The lowest BCUT2D eigenvalue weighted by atomic mass is 9.99. The number of benzene rings is 2. The van der Waals surface area contributed by atoms with Crippen molar-refractivity contribution in [3.8, 4) is 0 Å². The largest absolute Gasteiger partial charge is 0.385 e. The van der Waals surface area contributed by atoms with Crippen LogP contribution >= 0.6 is 0 Å². The van der Waals surface area contributed by atoms with Gasteiger partial charge in [0, 0.05) is 36.6 Å². The van der Waals surface area contributed by atoms with Crippen LogP contribution in [0.4, 0.5) is 17.1 Å². The molecule has 0 radical (unpaired) electrons. The number of nitrogens with one attached hydrogen (secondary N) is 2. The molecule has 0 amide bonds. The van der Waals surface area contributed by atoms with E-state index in [1.54, 1.807) is 12.1 Å². The Morgan fingerprint density at radius 1 is 1.19 bits per heavy atom. The average Bonchev–Trinajstić information content (AvgIpc) is 2.53. The summed E-state index contributed by atoms with van der Waals surface area (Å²) < 4.78 is 0. The molecule has 108 valence electrons. The van der Waals surface area contributed by atoms with Gasteiger partial charge in [-0.1, -0.05) is 18.2 Å². The van der Waals surface area contributed by atoms with Crippen LogP contribution in [0.5, 0.6) is 0 Å². The summed E-state index contributed by atoms with van der Waals surface area (Å²) in [5.74, 6) is 0. The Morgan fingerprint density at radius 3 is 2.76 bits per heavy atom. The fraction of sp³-hybridized carbons (Fsp3) is 0.250. The van der Waals surface area contributed by atoms with E-state index in [1.165, 1.54) is 35.4 Å². The van der Waals surface area contributed by atoms with Gasteiger partial charge in [0.25, 0.3) is 5.69 Å². The number of rotatable bonds is 4. The molecular weight excluding hydrogens is 266 g/mol. The van der Waals surface area contributed by atoms with Gasteiger partial charge in [0.1, 0.15) is 0 Å². The third kappa shape index (κ3) is 2.97. The second-order valence-corrected chi connectivity index (χ2v) is 5.14. The van der Waals surface area contributed by atoms with Crippen LogP contribution in [-0.4, -0.2) is 11.5 Å². The van der Waals surface area contributed by atoms with E-state index in [-0.39, 0.29) is 10.6 Å². The zero-order valence-electron chi connectivity index (χ0n) is 11.6. The van der Waals surface area contributed by atoms with Crippen molar-refractivity contribution >= 4 is 17.1 Å². The van der Waals surface area contributed by atoms with Crippen LogP contribution in [0.1, 0.15) is 17.5 Å². The fourth-order valence-corrected chi connectivity index (χ4v) is 2.63. The van der Waals surface area contributed by atoms with Crippen LogP contribution in [0, 0.1) is 10.1 Å². The van der Waals surface area contributed by atoms with E-state index in [4.69, 9.17) is 0 Å². The normalized spacial score (nSPS) is 13.1. The first-order valence-electron chi connectivity index (χ1n) is 7.07. The second kappa shape index (κ2) is 5.83. The monoisotopic (exact) mass is 283 g/mol. The number of para-hydroxylation sites is 1. The van der Waals surface area contributed by atoms with Gasteiger partial charge in [0.15, 0.2) is 0 Å². The van der Waals surface area contributed by atoms with Gasteiger partial charge >= 0.3 is 0 Å². The minimum atomic E-state index is -0.388. The van der Waals surface area contributed by atoms with E-state index in [9.17, 15) is 10.1 Å². The molecule has 3 rings (SSSR count). The average molecular weight is 283 g/mol. The topological polar surface area (TPSA) is 67.2 Å². The highest BCUT2D eigenvalue weighted by atomic mass is 16.6. The van der Waals surface area contributed by atoms with Gasteiger partial charge in [-0.2, -0.15) is 0 Å². The van der Waals surface area contributed by atoms with Gasteiger partial charge in [0.2, 0.25) is 0 Å². The molecule has 5 nitrogen and oxygen atoms in total. The van der Waals surface area contributed by atoms with E-state index in [0.29, 0.717) is 6.54 Å². The molecule has 2 N–H and O–H groups in total. The first-order valence-corrected chi connectivity index (χ1v) is 7.07. The standard InChI is InChI=1S/C16H17N3O2/c20-19(21)15-8-6-14(7-9-15)18-11-13-4-1-3-12-5-2-10-17-16(12)13/h1,3-4,6-9,17-18H,2,5,10-11H2. The number of aryl methyl sites for hydroxylation is 1. The molecular formula is C16H17N3O2. The lowest BCUT2D eigenvalue weighted by molar-refractivity contribution is -0.384. The van der Waals surface area contributed by atoms with Gasteiger partial charge < -0.3 is 10.6 Å². The van der Waals surface area contributed by atoms with Crippen molar-refractivity contribution in [2.45, 2.75) is 19.4 Å². The minimum absolute atomic E-state index is 0.110. The van der Waals surface area contributed by atoms with Crippen LogP contribution in [0.25, 0.3) is 0 Å². The zero-order chi connectivity index (χ0) is 14.7. The van der Waals surface area contributed by atoms with Crippen LogP contribution in [-0.2, 0) is 13.0 Å². The number of non-ortho nitro benzene ring substituents is 1. The molecule has 0 spiro atoms. The van der Waals surface area contributed by atoms with E-state index < -0.39 is 0 Å². The first-order chi connectivity index (χ1) is 10.2. The number of nitrogens with zero attached hydrogens (tertiary/aromatic N) is 1.